The zero-order chi connectivity index (χ0) is 18.2. The van der Waals surface area contributed by atoms with Gasteiger partial charge >= 0.3 is 0 Å². The number of carbonyl (C=O) groups excluding carboxylic acids is 2. The summed E-state index contributed by atoms with van der Waals surface area (Å²) < 4.78 is 0. The lowest BCUT2D eigenvalue weighted by molar-refractivity contribution is 0.103. The van der Waals surface area contributed by atoms with Crippen LogP contribution in [0.2, 0.25) is 0 Å². The van der Waals surface area contributed by atoms with Gasteiger partial charge in [0.15, 0.2) is 0 Å². The molecule has 0 saturated carbocycles. The molecule has 1 aromatic carbocycles. The summed E-state index contributed by atoms with van der Waals surface area (Å²) in [6.07, 6.45) is 9.66. The second-order valence-corrected chi connectivity index (χ2v) is 5.49. The highest BCUT2D eigenvalue weighted by Crippen LogP contribution is 2.09. The molecule has 0 N–H and O–H groups in total. The number of hydrogen-bond acceptors (Lipinski definition) is 4. The molecule has 4 heteroatoms. The van der Waals surface area contributed by atoms with Crippen LogP contribution in [-0.4, -0.2) is 21.5 Å². The van der Waals surface area contributed by atoms with Crippen LogP contribution in [0.4, 0.5) is 0 Å². The molecule has 0 radical (unpaired) electrons. The smallest absolute Gasteiger partial charge is 0.204 e. The highest BCUT2D eigenvalue weighted by atomic mass is 16.1. The van der Waals surface area contributed by atoms with Gasteiger partial charge in [-0.3, -0.25) is 19.6 Å². The van der Waals surface area contributed by atoms with Crippen molar-refractivity contribution >= 4 is 23.7 Å². The van der Waals surface area contributed by atoms with E-state index >= 15 is 0 Å². The van der Waals surface area contributed by atoms with E-state index in [2.05, 4.69) is 9.97 Å². The molecule has 0 aliphatic heterocycles. The number of allylic oxidation sites excluding steroid dienone is 2. The number of carbonyl (C=O) groups is 2. The van der Waals surface area contributed by atoms with Crippen LogP contribution in [0.3, 0.4) is 0 Å². The predicted octanol–water partition coefficient (Wildman–Crippen LogP) is 4.27. The average molecular weight is 340 g/mol. The van der Waals surface area contributed by atoms with Gasteiger partial charge in [0.1, 0.15) is 11.4 Å². The van der Waals surface area contributed by atoms with E-state index in [1.807, 2.05) is 24.3 Å². The van der Waals surface area contributed by atoms with E-state index in [1.54, 1.807) is 60.9 Å². The molecular weight excluding hydrogens is 324 g/mol. The summed E-state index contributed by atoms with van der Waals surface area (Å²) in [4.78, 5) is 32.0. The van der Waals surface area contributed by atoms with E-state index in [0.29, 0.717) is 11.4 Å². The van der Waals surface area contributed by atoms with Crippen molar-refractivity contribution in [1.29, 1.82) is 0 Å². The number of pyridine rings is 2. The summed E-state index contributed by atoms with van der Waals surface area (Å²) in [5.41, 5.74) is 2.61. The number of hydrogen-bond donors (Lipinski definition) is 0. The van der Waals surface area contributed by atoms with E-state index in [1.165, 1.54) is 12.2 Å². The first-order valence-corrected chi connectivity index (χ1v) is 8.09. The third kappa shape index (κ3) is 4.68. The SMILES string of the molecule is O=C(/C=C\c1ccc(/C=C/C(=O)c2ccccn2)cc1)c1ccccn1. The molecule has 0 unspecified atom stereocenters. The molecule has 0 saturated heterocycles. The number of nitrogens with zero attached hydrogens (tertiary/aromatic N) is 2. The maximum atomic E-state index is 12.0. The van der Waals surface area contributed by atoms with Gasteiger partial charge in [-0.05, 0) is 47.5 Å². The van der Waals surface area contributed by atoms with Crippen molar-refractivity contribution in [3.8, 4) is 0 Å². The standard InChI is InChI=1S/C22H16N2O2/c25-21(19-5-1-3-15-23-19)13-11-17-7-9-18(10-8-17)12-14-22(26)20-6-2-4-16-24-20/h1-16H/b13-11-,14-12+. The van der Waals surface area contributed by atoms with Crippen LogP contribution >= 0.6 is 0 Å². The fourth-order valence-corrected chi connectivity index (χ4v) is 2.25. The highest BCUT2D eigenvalue weighted by molar-refractivity contribution is 6.06. The van der Waals surface area contributed by atoms with Crippen molar-refractivity contribution in [2.24, 2.45) is 0 Å². The van der Waals surface area contributed by atoms with Gasteiger partial charge in [0.25, 0.3) is 0 Å². The highest BCUT2D eigenvalue weighted by Gasteiger charge is 2.02. The Labute approximate surface area is 151 Å². The Bertz CT molecular complexity index is 864. The maximum absolute atomic E-state index is 12.0. The third-order valence-corrected chi connectivity index (χ3v) is 3.63. The van der Waals surface area contributed by atoms with Crippen LogP contribution in [0.25, 0.3) is 12.2 Å². The first-order chi connectivity index (χ1) is 12.7. The monoisotopic (exact) mass is 340 g/mol. The van der Waals surface area contributed by atoms with Gasteiger partial charge in [-0.15, -0.1) is 0 Å². The van der Waals surface area contributed by atoms with Gasteiger partial charge in [-0.25, -0.2) is 0 Å². The van der Waals surface area contributed by atoms with Crippen molar-refractivity contribution < 1.29 is 9.59 Å². The molecule has 0 atom stereocenters. The number of benzene rings is 1. The average Bonchev–Trinajstić information content (AvgIpc) is 2.72. The fourth-order valence-electron chi connectivity index (χ4n) is 2.25. The van der Waals surface area contributed by atoms with Gasteiger partial charge in [0, 0.05) is 12.4 Å². The Hall–Kier alpha value is -3.66. The second-order valence-electron chi connectivity index (χ2n) is 5.49. The summed E-state index contributed by atoms with van der Waals surface area (Å²) >= 11 is 0. The summed E-state index contributed by atoms with van der Waals surface area (Å²) in [7, 11) is 0. The van der Waals surface area contributed by atoms with E-state index in [9.17, 15) is 9.59 Å². The molecule has 0 bridgehead atoms. The van der Waals surface area contributed by atoms with Crippen LogP contribution in [0, 0.1) is 0 Å². The van der Waals surface area contributed by atoms with Crippen LogP contribution in [0.1, 0.15) is 32.1 Å². The molecule has 0 aliphatic carbocycles. The number of ketones is 2. The quantitative estimate of drug-likeness (QED) is 0.497. The predicted molar refractivity (Wildman–Crippen MR) is 102 cm³/mol. The molecular formula is C22H16N2O2. The lowest BCUT2D eigenvalue weighted by Crippen LogP contribution is -1.96. The molecule has 0 spiro atoms. The molecule has 26 heavy (non-hydrogen) atoms. The van der Waals surface area contributed by atoms with Crippen LogP contribution in [0.5, 0.6) is 0 Å². The van der Waals surface area contributed by atoms with Gasteiger partial charge in [-0.2, -0.15) is 0 Å². The summed E-state index contributed by atoms with van der Waals surface area (Å²) in [6, 6.07) is 18.0. The van der Waals surface area contributed by atoms with Crippen molar-refractivity contribution in [2.45, 2.75) is 0 Å². The maximum Gasteiger partial charge on any atom is 0.204 e. The summed E-state index contributed by atoms with van der Waals surface area (Å²) in [5.74, 6) is -0.286. The first kappa shape index (κ1) is 17.2. The number of aromatic nitrogens is 2. The molecule has 0 amide bonds. The molecule has 0 fully saturated rings. The minimum Gasteiger partial charge on any atom is -0.288 e. The molecule has 126 valence electrons. The normalized spacial score (nSPS) is 11.1. The lowest BCUT2D eigenvalue weighted by atomic mass is 10.1. The first-order valence-electron chi connectivity index (χ1n) is 8.09. The molecule has 0 aliphatic rings. The topological polar surface area (TPSA) is 59.9 Å². The Morgan fingerprint density at radius 1 is 0.615 bits per heavy atom. The number of rotatable bonds is 6. The van der Waals surface area contributed by atoms with Crippen molar-refractivity contribution in [3.63, 3.8) is 0 Å². The Morgan fingerprint density at radius 3 is 1.38 bits per heavy atom. The summed E-state index contributed by atoms with van der Waals surface area (Å²) in [6.45, 7) is 0. The zero-order valence-electron chi connectivity index (χ0n) is 13.9. The Balaban J connectivity index is 1.63. The van der Waals surface area contributed by atoms with Crippen LogP contribution < -0.4 is 0 Å². The molecule has 4 nitrogen and oxygen atoms in total. The van der Waals surface area contributed by atoms with Gasteiger partial charge in [0.2, 0.25) is 11.6 Å². The van der Waals surface area contributed by atoms with Crippen molar-refractivity contribution in [1.82, 2.24) is 9.97 Å². The lowest BCUT2D eigenvalue weighted by Gasteiger charge is -1.97. The van der Waals surface area contributed by atoms with Gasteiger partial charge in [-0.1, -0.05) is 48.6 Å². The summed E-state index contributed by atoms with van der Waals surface area (Å²) in [5, 5.41) is 0. The molecule has 2 aromatic heterocycles. The van der Waals surface area contributed by atoms with Crippen molar-refractivity contribution in [2.75, 3.05) is 0 Å². The second kappa shape index (κ2) is 8.44. The van der Waals surface area contributed by atoms with E-state index < -0.39 is 0 Å². The third-order valence-electron chi connectivity index (χ3n) is 3.63. The minimum absolute atomic E-state index is 0.143. The molecule has 2 heterocycles. The Morgan fingerprint density at radius 2 is 1.04 bits per heavy atom. The van der Waals surface area contributed by atoms with E-state index in [0.717, 1.165) is 11.1 Å². The van der Waals surface area contributed by atoms with E-state index in [-0.39, 0.29) is 11.6 Å². The van der Waals surface area contributed by atoms with Crippen molar-refractivity contribution in [3.05, 3.63) is 108 Å². The molecule has 3 rings (SSSR count). The van der Waals surface area contributed by atoms with Gasteiger partial charge in [0.05, 0.1) is 0 Å². The molecule has 3 aromatic rings. The Kier molecular flexibility index (Phi) is 5.58. The largest absolute Gasteiger partial charge is 0.288 e. The fraction of sp³-hybridized carbons (Fsp3) is 0. The van der Waals surface area contributed by atoms with E-state index in [4.69, 9.17) is 0 Å². The van der Waals surface area contributed by atoms with Crippen LogP contribution in [0.15, 0.2) is 85.2 Å². The van der Waals surface area contributed by atoms with Crippen LogP contribution in [-0.2, 0) is 0 Å². The van der Waals surface area contributed by atoms with Gasteiger partial charge < -0.3 is 0 Å². The zero-order valence-corrected chi connectivity index (χ0v) is 13.9. The minimum atomic E-state index is -0.143.